The average Bonchev–Trinajstić information content (AvgIpc) is 3.47. The van der Waals surface area contributed by atoms with E-state index in [0.29, 0.717) is 5.69 Å². The number of halogens is 2. The zero-order chi connectivity index (χ0) is 32.2. The highest BCUT2D eigenvalue weighted by Gasteiger charge is 2.50. The first kappa shape index (κ1) is 36.2. The second kappa shape index (κ2) is 14.9. The number of hydrogen-bond donors (Lipinski definition) is 5. The van der Waals surface area contributed by atoms with E-state index in [1.807, 2.05) is 0 Å². The second-order valence-corrected chi connectivity index (χ2v) is 14.8. The second-order valence-electron chi connectivity index (χ2n) is 10.7. The zero-order valence-corrected chi connectivity index (χ0v) is 27.2. The van der Waals surface area contributed by atoms with Gasteiger partial charge < -0.3 is 36.0 Å². The summed E-state index contributed by atoms with van der Waals surface area (Å²) in [5.41, 5.74) is 3.59. The number of carbonyl (C=O) groups is 2. The molecule has 6 N–H and O–H groups in total. The van der Waals surface area contributed by atoms with Gasteiger partial charge in [-0.2, -0.15) is 9.97 Å². The first-order valence-electron chi connectivity index (χ1n) is 13.0. The number of rotatable bonds is 15. The molecule has 0 aromatic carbocycles. The van der Waals surface area contributed by atoms with Crippen LogP contribution in [0.3, 0.4) is 0 Å². The first-order valence-corrected chi connectivity index (χ1v) is 16.8. The van der Waals surface area contributed by atoms with E-state index in [1.54, 1.807) is 13.8 Å². The smallest absolute Gasteiger partial charge is 0.395 e. The maximum absolute atomic E-state index is 15.2. The van der Waals surface area contributed by atoms with Crippen LogP contribution in [0.15, 0.2) is 0 Å². The van der Waals surface area contributed by atoms with Crippen LogP contribution in [-0.4, -0.2) is 110 Å². The summed E-state index contributed by atoms with van der Waals surface area (Å²) < 4.78 is 50.5. The van der Waals surface area contributed by atoms with Crippen molar-refractivity contribution in [1.82, 2.24) is 9.97 Å². The fraction of sp³-hybridized carbons (Fsp3) is 0.739. The third-order valence-electron chi connectivity index (χ3n) is 6.17. The number of aliphatic hydroxyl groups excluding tert-OH is 2. The standard InChI is InChI=1S/C23H36ClFN5O10PS2/c1-22(2,10-31)19(33)42-7-5-37-41(36,38-6-8-43-20(34)23(3,4)35)39-9-12-15(32)13(25)18(40-12)30-11-27-14-16(26)28-21(24)29-17(14)30/h12-13,15,18,27,31-32,35H,5-11H2,1-4H3,(H2,26,28,29). The molecule has 0 amide bonds. The molecule has 20 heteroatoms. The van der Waals surface area contributed by atoms with Gasteiger partial charge in [0.1, 0.15) is 23.5 Å². The number of anilines is 3. The van der Waals surface area contributed by atoms with Gasteiger partial charge in [-0.25, -0.2) is 8.96 Å². The lowest BCUT2D eigenvalue weighted by atomic mass is 9.97. The van der Waals surface area contributed by atoms with Crippen LogP contribution in [0.5, 0.6) is 0 Å². The molecule has 1 aromatic heterocycles. The summed E-state index contributed by atoms with van der Waals surface area (Å²) in [6.45, 7) is 4.26. The molecule has 0 spiro atoms. The summed E-state index contributed by atoms with van der Waals surface area (Å²) in [6.07, 6.45) is -6.30. The highest BCUT2D eigenvalue weighted by atomic mass is 35.5. The molecule has 2 aliphatic rings. The van der Waals surface area contributed by atoms with Crippen LogP contribution in [0, 0.1) is 5.41 Å². The Hall–Kier alpha value is -1.31. The van der Waals surface area contributed by atoms with E-state index in [4.69, 9.17) is 35.6 Å². The fourth-order valence-corrected chi connectivity index (χ4v) is 6.75. The van der Waals surface area contributed by atoms with Crippen LogP contribution in [0.1, 0.15) is 27.7 Å². The van der Waals surface area contributed by atoms with Crippen LogP contribution in [0.2, 0.25) is 5.28 Å². The van der Waals surface area contributed by atoms with Crippen molar-refractivity contribution in [1.29, 1.82) is 0 Å². The van der Waals surface area contributed by atoms with Crippen molar-refractivity contribution in [3.8, 4) is 0 Å². The normalized spacial score (nSPS) is 23.6. The maximum atomic E-state index is 15.2. The van der Waals surface area contributed by atoms with Gasteiger partial charge in [-0.15, -0.1) is 0 Å². The third kappa shape index (κ3) is 9.36. The molecular weight excluding hydrogens is 656 g/mol. The number of aromatic nitrogens is 2. The highest BCUT2D eigenvalue weighted by molar-refractivity contribution is 8.14. The van der Waals surface area contributed by atoms with Gasteiger partial charge in [0.2, 0.25) is 10.4 Å². The van der Waals surface area contributed by atoms with Gasteiger partial charge >= 0.3 is 7.82 Å². The maximum Gasteiger partial charge on any atom is 0.474 e. The molecule has 5 unspecified atom stereocenters. The molecule has 0 saturated carbocycles. The summed E-state index contributed by atoms with van der Waals surface area (Å²) in [6, 6.07) is 0. The molecular formula is C23H36ClFN5O10PS2. The van der Waals surface area contributed by atoms with E-state index in [9.17, 15) is 29.5 Å². The summed E-state index contributed by atoms with van der Waals surface area (Å²) in [5, 5.41) is 31.6. The van der Waals surface area contributed by atoms with Crippen LogP contribution in [0.4, 0.5) is 21.7 Å². The lowest BCUT2D eigenvalue weighted by Gasteiger charge is -2.26. The zero-order valence-electron chi connectivity index (χ0n) is 23.9. The van der Waals surface area contributed by atoms with Crippen LogP contribution in [0.25, 0.3) is 0 Å². The molecule has 3 rings (SSSR count). The Morgan fingerprint density at radius 2 is 1.79 bits per heavy atom. The molecule has 15 nitrogen and oxygen atoms in total. The van der Waals surface area contributed by atoms with E-state index in [1.165, 1.54) is 18.7 Å². The van der Waals surface area contributed by atoms with Gasteiger partial charge in [0.25, 0.3) is 0 Å². The lowest BCUT2D eigenvalue weighted by Crippen LogP contribution is -2.42. The van der Waals surface area contributed by atoms with Gasteiger partial charge in [-0.05, 0) is 39.3 Å². The predicted octanol–water partition coefficient (Wildman–Crippen LogP) is 1.79. The number of nitrogens with two attached hydrogens (primary N) is 1. The fourth-order valence-electron chi connectivity index (χ4n) is 3.64. The summed E-state index contributed by atoms with van der Waals surface area (Å²) in [7, 11) is -4.39. The third-order valence-corrected chi connectivity index (χ3v) is 10.1. The monoisotopic (exact) mass is 691 g/mol. The predicted molar refractivity (Wildman–Crippen MR) is 160 cm³/mol. The first-order chi connectivity index (χ1) is 20.0. The highest BCUT2D eigenvalue weighted by Crippen LogP contribution is 2.50. The number of hydrogen-bond acceptors (Lipinski definition) is 17. The summed E-state index contributed by atoms with van der Waals surface area (Å²) in [5.74, 6) is 0.246. The van der Waals surface area contributed by atoms with Crippen molar-refractivity contribution in [2.45, 2.75) is 57.9 Å². The molecule has 1 aromatic rings. The lowest BCUT2D eigenvalue weighted by molar-refractivity contribution is -0.124. The van der Waals surface area contributed by atoms with E-state index in [-0.39, 0.29) is 60.0 Å². The molecule has 1 saturated heterocycles. The van der Waals surface area contributed by atoms with Crippen molar-refractivity contribution in [3.05, 3.63) is 5.28 Å². The minimum atomic E-state index is -4.39. The van der Waals surface area contributed by atoms with Crippen molar-refractivity contribution in [3.63, 3.8) is 0 Å². The van der Waals surface area contributed by atoms with Crippen LogP contribution < -0.4 is 16.0 Å². The number of nitrogens with one attached hydrogen (secondary N) is 1. The van der Waals surface area contributed by atoms with Gasteiger partial charge in [-0.3, -0.25) is 23.2 Å². The van der Waals surface area contributed by atoms with E-state index in [2.05, 4.69) is 15.3 Å². The molecule has 244 valence electrons. The SMILES string of the molecule is CC(C)(O)C(=O)SCCOP(=O)(OCCSC(=O)C(C)(C)CO)OCC1OC(N2CNc3c(N)nc(Cl)nc32)C(F)C1O. The Balaban J connectivity index is 1.63. The van der Waals surface area contributed by atoms with Gasteiger partial charge in [-0.1, -0.05) is 23.5 Å². The molecule has 0 aliphatic carbocycles. The number of nitrogens with zero attached hydrogens (tertiary/aromatic N) is 3. The van der Waals surface area contributed by atoms with Crippen molar-refractivity contribution in [2.24, 2.45) is 5.41 Å². The number of phosphoric ester groups is 1. The number of aliphatic hydroxyl groups is 3. The Bertz CT molecular complexity index is 1220. The number of ether oxygens (including phenoxy) is 1. The number of phosphoric acid groups is 1. The Kier molecular flexibility index (Phi) is 12.5. The number of alkyl halides is 1. The molecule has 5 atom stereocenters. The largest absolute Gasteiger partial charge is 0.474 e. The number of carbonyl (C=O) groups excluding carboxylic acids is 2. The summed E-state index contributed by atoms with van der Waals surface area (Å²) in [4.78, 5) is 33.5. The molecule has 2 aliphatic heterocycles. The minimum Gasteiger partial charge on any atom is -0.395 e. The molecule has 43 heavy (non-hydrogen) atoms. The van der Waals surface area contributed by atoms with Gasteiger partial charge in [0.15, 0.2) is 29.2 Å². The number of fused-ring (bicyclic) bond motifs is 1. The van der Waals surface area contributed by atoms with Gasteiger partial charge in [0.05, 0.1) is 38.5 Å². The van der Waals surface area contributed by atoms with Crippen molar-refractivity contribution < 1.29 is 52.2 Å². The van der Waals surface area contributed by atoms with E-state index >= 15 is 4.39 Å². The molecule has 0 bridgehead atoms. The topological polar surface area (TPSA) is 216 Å². The number of thioether (sulfide) groups is 2. The van der Waals surface area contributed by atoms with E-state index in [0.717, 1.165) is 23.5 Å². The van der Waals surface area contributed by atoms with Crippen molar-refractivity contribution >= 4 is 70.5 Å². The van der Waals surface area contributed by atoms with Gasteiger partial charge in [0, 0.05) is 11.5 Å². The van der Waals surface area contributed by atoms with Crippen LogP contribution in [-0.2, 0) is 32.5 Å². The quantitative estimate of drug-likeness (QED) is 0.101. The Labute approximate surface area is 261 Å². The van der Waals surface area contributed by atoms with Crippen molar-refractivity contribution in [2.75, 3.05) is 60.6 Å². The minimum absolute atomic E-state index is 0.0104. The molecule has 0 radical (unpaired) electrons. The molecule has 3 heterocycles. The van der Waals surface area contributed by atoms with E-state index < -0.39 is 55.2 Å². The molecule has 1 fully saturated rings. The average molecular weight is 692 g/mol. The summed E-state index contributed by atoms with van der Waals surface area (Å²) >= 11 is 7.50. The Morgan fingerprint density at radius 1 is 1.19 bits per heavy atom. The number of nitrogen functional groups attached to an aromatic ring is 1. The Morgan fingerprint density at radius 3 is 2.37 bits per heavy atom. The van der Waals surface area contributed by atoms with Crippen LogP contribution >= 0.6 is 42.9 Å².